The van der Waals surface area contributed by atoms with Gasteiger partial charge in [0, 0.05) is 31.2 Å². The van der Waals surface area contributed by atoms with Crippen LogP contribution in [0.5, 0.6) is 23.3 Å². The van der Waals surface area contributed by atoms with Crippen molar-refractivity contribution in [3.05, 3.63) is 30.3 Å². The smallest absolute Gasteiger partial charge is 0.270 e. The van der Waals surface area contributed by atoms with Gasteiger partial charge < -0.3 is 19.1 Å². The number of amides is 1. The Bertz CT molecular complexity index is 1220. The lowest BCUT2D eigenvalue weighted by molar-refractivity contribution is -0.133. The van der Waals surface area contributed by atoms with Gasteiger partial charge >= 0.3 is 0 Å². The topological polar surface area (TPSA) is 108 Å². The second kappa shape index (κ2) is 9.60. The van der Waals surface area contributed by atoms with Crippen LogP contribution in [0.15, 0.2) is 29.4 Å². The summed E-state index contributed by atoms with van der Waals surface area (Å²) >= 11 is 0. The van der Waals surface area contributed by atoms with Crippen molar-refractivity contribution >= 4 is 15.7 Å². The van der Waals surface area contributed by atoms with E-state index in [1.54, 1.807) is 0 Å². The van der Waals surface area contributed by atoms with Crippen molar-refractivity contribution in [2.45, 2.75) is 38.0 Å². The summed E-state index contributed by atoms with van der Waals surface area (Å²) in [5.74, 6) is 0.0955. The van der Waals surface area contributed by atoms with Crippen LogP contribution < -0.4 is 14.2 Å². The molecule has 1 amide bonds. The number of nitrogens with zero attached hydrogens (tertiary/aromatic N) is 3. The van der Waals surface area contributed by atoms with Gasteiger partial charge in [-0.2, -0.15) is 9.97 Å². The number of sulfone groups is 1. The van der Waals surface area contributed by atoms with E-state index in [0.29, 0.717) is 31.4 Å². The number of rotatable bonds is 9. The van der Waals surface area contributed by atoms with Crippen LogP contribution >= 0.6 is 0 Å². The average molecular weight is 508 g/mol. The summed E-state index contributed by atoms with van der Waals surface area (Å²) in [5.41, 5.74) is -0.000818. The predicted octanol–water partition coefficient (Wildman–Crippen LogP) is 3.48. The van der Waals surface area contributed by atoms with E-state index in [-0.39, 0.29) is 39.5 Å². The van der Waals surface area contributed by atoms with E-state index in [0.717, 1.165) is 31.7 Å². The molecular weight excluding hydrogens is 477 g/mol. The van der Waals surface area contributed by atoms with Gasteiger partial charge in [-0.25, -0.2) is 12.8 Å². The molecule has 0 N–H and O–H groups in total. The number of carbonyl (C=O) groups is 1. The molecule has 1 aliphatic heterocycles. The molecule has 2 aromatic rings. The molecule has 2 fully saturated rings. The number of aromatic nitrogens is 2. The minimum absolute atomic E-state index is 0.000818. The first-order valence-electron chi connectivity index (χ1n) is 11.5. The first-order chi connectivity index (χ1) is 16.5. The molecule has 11 heteroatoms. The highest BCUT2D eigenvalue weighted by Crippen LogP contribution is 2.58. The highest BCUT2D eigenvalue weighted by atomic mass is 32.2. The van der Waals surface area contributed by atoms with Crippen LogP contribution in [0.2, 0.25) is 0 Å². The molecule has 1 aliphatic carbocycles. The summed E-state index contributed by atoms with van der Waals surface area (Å²) in [4.78, 5) is 22.4. The summed E-state index contributed by atoms with van der Waals surface area (Å²) in [6, 6.07) is 3.36. The third kappa shape index (κ3) is 5.50. The van der Waals surface area contributed by atoms with Crippen LogP contribution in [0.3, 0.4) is 0 Å². The summed E-state index contributed by atoms with van der Waals surface area (Å²) in [6.07, 6.45) is 4.62. The lowest BCUT2D eigenvalue weighted by Crippen LogP contribution is -2.41. The zero-order valence-electron chi connectivity index (χ0n) is 20.3. The van der Waals surface area contributed by atoms with Crippen molar-refractivity contribution in [2.24, 2.45) is 17.3 Å². The van der Waals surface area contributed by atoms with E-state index >= 15 is 0 Å². The lowest BCUT2D eigenvalue weighted by Gasteiger charge is -2.32. The van der Waals surface area contributed by atoms with Crippen LogP contribution in [0, 0.1) is 23.1 Å². The van der Waals surface area contributed by atoms with Crippen LogP contribution in [-0.4, -0.2) is 62.3 Å². The van der Waals surface area contributed by atoms with Crippen molar-refractivity contribution in [3.63, 3.8) is 0 Å². The molecule has 2 unspecified atom stereocenters. The van der Waals surface area contributed by atoms with E-state index in [4.69, 9.17) is 14.2 Å². The van der Waals surface area contributed by atoms with E-state index in [9.17, 15) is 17.6 Å². The number of hydrogen-bond acceptors (Lipinski definition) is 8. The number of methoxy groups -OCH3 is 1. The Hall–Kier alpha value is -2.95. The van der Waals surface area contributed by atoms with E-state index < -0.39 is 15.7 Å². The summed E-state index contributed by atoms with van der Waals surface area (Å²) in [7, 11) is -2.15. The number of hydrogen-bond donors (Lipinski definition) is 0. The number of benzene rings is 1. The summed E-state index contributed by atoms with van der Waals surface area (Å²) < 4.78 is 54.7. The van der Waals surface area contributed by atoms with Crippen molar-refractivity contribution in [3.8, 4) is 23.3 Å². The molecule has 35 heavy (non-hydrogen) atoms. The molecule has 0 radical (unpaired) electrons. The van der Waals surface area contributed by atoms with E-state index in [1.807, 2.05) is 18.7 Å². The summed E-state index contributed by atoms with van der Waals surface area (Å²) in [5, 5.41) is 0. The van der Waals surface area contributed by atoms with Gasteiger partial charge in [-0.05, 0) is 42.9 Å². The zero-order valence-corrected chi connectivity index (χ0v) is 21.1. The second-order valence-corrected chi connectivity index (χ2v) is 11.7. The fraction of sp³-hybridized carbons (Fsp3) is 0.542. The van der Waals surface area contributed by atoms with Crippen LogP contribution in [0.25, 0.3) is 0 Å². The Morgan fingerprint density at radius 2 is 2.03 bits per heavy atom. The fourth-order valence-electron chi connectivity index (χ4n) is 4.47. The number of halogens is 1. The molecule has 9 nitrogen and oxygen atoms in total. The maximum atomic E-state index is 14.5. The molecule has 2 aliphatic rings. The monoisotopic (exact) mass is 507 g/mol. The summed E-state index contributed by atoms with van der Waals surface area (Å²) in [6.45, 7) is 5.96. The number of carbonyl (C=O) groups excluding carboxylic acids is 1. The van der Waals surface area contributed by atoms with Crippen molar-refractivity contribution in [2.75, 3.05) is 33.1 Å². The Labute approximate surface area is 204 Å². The first kappa shape index (κ1) is 25.2. The molecule has 2 heterocycles. The third-order valence-electron chi connectivity index (χ3n) is 6.59. The first-order valence-corrected chi connectivity index (χ1v) is 13.4. The van der Waals surface area contributed by atoms with Crippen LogP contribution in [0.1, 0.15) is 33.1 Å². The molecule has 1 aromatic carbocycles. The van der Waals surface area contributed by atoms with Crippen LogP contribution in [0.4, 0.5) is 4.39 Å². The highest BCUT2D eigenvalue weighted by molar-refractivity contribution is 7.90. The molecule has 1 aromatic heterocycles. The number of ether oxygens (including phenoxy) is 3. The van der Waals surface area contributed by atoms with Gasteiger partial charge in [0.25, 0.3) is 11.8 Å². The van der Waals surface area contributed by atoms with E-state index in [1.165, 1.54) is 25.6 Å². The van der Waals surface area contributed by atoms with Gasteiger partial charge in [0.15, 0.2) is 21.4 Å². The largest absolute Gasteiger partial charge is 0.487 e. The molecular formula is C24H30FN3O6S. The van der Waals surface area contributed by atoms with Crippen molar-refractivity contribution < 1.29 is 31.8 Å². The quantitative estimate of drug-likeness (QED) is 0.508. The number of fused-ring (bicyclic) bond motifs is 1. The maximum Gasteiger partial charge on any atom is 0.270 e. The van der Waals surface area contributed by atoms with E-state index in [2.05, 4.69) is 9.97 Å². The van der Waals surface area contributed by atoms with Gasteiger partial charge in [-0.3, -0.25) is 4.79 Å². The highest BCUT2D eigenvalue weighted by Gasteiger charge is 2.57. The third-order valence-corrected chi connectivity index (χ3v) is 7.70. The molecule has 1 saturated heterocycles. The Morgan fingerprint density at radius 3 is 2.66 bits per heavy atom. The molecule has 0 spiro atoms. The molecule has 1 saturated carbocycles. The Morgan fingerprint density at radius 1 is 1.29 bits per heavy atom. The van der Waals surface area contributed by atoms with Gasteiger partial charge in [0.2, 0.25) is 11.7 Å². The van der Waals surface area contributed by atoms with Crippen LogP contribution in [-0.2, 0) is 14.6 Å². The zero-order chi connectivity index (χ0) is 25.4. The second-order valence-electron chi connectivity index (χ2n) is 9.72. The molecule has 2 atom stereocenters. The van der Waals surface area contributed by atoms with Crippen molar-refractivity contribution in [1.29, 1.82) is 0 Å². The number of likely N-dealkylation sites (tertiary alicyclic amines) is 1. The average Bonchev–Trinajstić information content (AvgIpc) is 3.51. The van der Waals surface area contributed by atoms with Gasteiger partial charge in [-0.15, -0.1) is 0 Å². The minimum atomic E-state index is -3.56. The normalized spacial score (nSPS) is 21.4. The standard InChI is InChI=1S/C24H30FN3O6S/c1-15(2)9-20(29)28-8-7-24(11-16(24)12-28)13-33-22-21(32-3)23(27-14-26-22)34-19-6-5-17(10-18(19)25)35(4,30)31/h5-6,10,14-16H,7-9,11-13H2,1-4H3. The predicted molar refractivity (Wildman–Crippen MR) is 125 cm³/mol. The SMILES string of the molecule is COc1c(OCC23CCN(C(=O)CC(C)C)CC2C3)ncnc1Oc1ccc(S(C)(=O)=O)cc1F. The van der Waals surface area contributed by atoms with Gasteiger partial charge in [0.05, 0.1) is 18.6 Å². The number of piperidine rings is 1. The molecule has 0 bridgehead atoms. The maximum absolute atomic E-state index is 14.5. The Kier molecular flexibility index (Phi) is 6.90. The van der Waals surface area contributed by atoms with Gasteiger partial charge in [-0.1, -0.05) is 13.8 Å². The Balaban J connectivity index is 1.43. The minimum Gasteiger partial charge on any atom is -0.487 e. The lowest BCUT2D eigenvalue weighted by atomic mass is 9.95. The molecule has 190 valence electrons. The van der Waals surface area contributed by atoms with Gasteiger partial charge in [0.1, 0.15) is 6.33 Å². The fourth-order valence-corrected chi connectivity index (χ4v) is 5.10. The van der Waals surface area contributed by atoms with Crippen molar-refractivity contribution in [1.82, 2.24) is 14.9 Å². The molecule has 4 rings (SSSR count).